The van der Waals surface area contributed by atoms with Gasteiger partial charge in [0.05, 0.1) is 5.56 Å². The molecule has 2 N–H and O–H groups in total. The first-order valence-corrected chi connectivity index (χ1v) is 7.61. The monoisotopic (exact) mass is 282 g/mol. The molecule has 1 aromatic carbocycles. The molecular formula is C17H18N2O2. The smallest absolute Gasteiger partial charge is 0.337 e. The van der Waals surface area contributed by atoms with E-state index in [1.54, 1.807) is 0 Å². The van der Waals surface area contributed by atoms with Crippen molar-refractivity contribution in [2.75, 3.05) is 5.32 Å². The van der Waals surface area contributed by atoms with Crippen molar-refractivity contribution < 1.29 is 9.90 Å². The molecule has 0 unspecified atom stereocenters. The maximum absolute atomic E-state index is 11.3. The average Bonchev–Trinajstić information content (AvgIpc) is 3.38. The number of hydrogen-bond donors (Lipinski definition) is 2. The SMILES string of the molecule is O=C(O)c1cnc(NC(C2CC2)C2CC2)c2ccccc12. The summed E-state index contributed by atoms with van der Waals surface area (Å²) >= 11 is 0. The van der Waals surface area contributed by atoms with Crippen LogP contribution in [0, 0.1) is 11.8 Å². The molecule has 2 aliphatic rings. The van der Waals surface area contributed by atoms with Crippen LogP contribution < -0.4 is 5.32 Å². The van der Waals surface area contributed by atoms with E-state index in [2.05, 4.69) is 10.3 Å². The number of rotatable bonds is 5. The summed E-state index contributed by atoms with van der Waals surface area (Å²) in [5, 5.41) is 14.6. The molecule has 0 amide bonds. The third-order valence-electron chi connectivity index (χ3n) is 4.59. The Kier molecular flexibility index (Phi) is 2.84. The molecule has 2 fully saturated rings. The van der Waals surface area contributed by atoms with Crippen molar-refractivity contribution in [2.45, 2.75) is 31.7 Å². The lowest BCUT2D eigenvalue weighted by Crippen LogP contribution is -2.25. The second-order valence-corrected chi connectivity index (χ2v) is 6.22. The van der Waals surface area contributed by atoms with Crippen LogP contribution in [0.4, 0.5) is 5.82 Å². The number of aromatic carboxylic acids is 1. The predicted octanol–water partition coefficient (Wildman–Crippen LogP) is 3.53. The number of pyridine rings is 1. The summed E-state index contributed by atoms with van der Waals surface area (Å²) in [5.41, 5.74) is 0.269. The minimum absolute atomic E-state index is 0.269. The summed E-state index contributed by atoms with van der Waals surface area (Å²) < 4.78 is 0. The van der Waals surface area contributed by atoms with Gasteiger partial charge in [-0.2, -0.15) is 0 Å². The zero-order valence-corrected chi connectivity index (χ0v) is 11.7. The molecule has 2 aliphatic carbocycles. The van der Waals surface area contributed by atoms with E-state index in [1.165, 1.54) is 31.9 Å². The lowest BCUT2D eigenvalue weighted by atomic mass is 10.0. The molecular weight excluding hydrogens is 264 g/mol. The molecule has 0 spiro atoms. The molecule has 0 saturated heterocycles. The zero-order chi connectivity index (χ0) is 14.4. The van der Waals surface area contributed by atoms with E-state index in [9.17, 15) is 9.90 Å². The first kappa shape index (κ1) is 12.6. The van der Waals surface area contributed by atoms with Gasteiger partial charge in [0.2, 0.25) is 0 Å². The van der Waals surface area contributed by atoms with E-state index < -0.39 is 5.97 Å². The van der Waals surface area contributed by atoms with Crippen LogP contribution >= 0.6 is 0 Å². The number of hydrogen-bond acceptors (Lipinski definition) is 3. The van der Waals surface area contributed by atoms with Gasteiger partial charge in [-0.1, -0.05) is 24.3 Å². The molecule has 0 bridgehead atoms. The Hall–Kier alpha value is -2.10. The Morgan fingerprint density at radius 1 is 1.14 bits per heavy atom. The van der Waals surface area contributed by atoms with Gasteiger partial charge in [-0.15, -0.1) is 0 Å². The number of nitrogens with one attached hydrogen (secondary N) is 1. The number of carbonyl (C=O) groups is 1. The van der Waals surface area contributed by atoms with Crippen molar-refractivity contribution in [3.05, 3.63) is 36.0 Å². The Bertz CT molecular complexity index is 693. The molecule has 1 aromatic heterocycles. The number of fused-ring (bicyclic) bond motifs is 1. The Labute approximate surface area is 123 Å². The van der Waals surface area contributed by atoms with Gasteiger partial charge < -0.3 is 10.4 Å². The largest absolute Gasteiger partial charge is 0.478 e. The van der Waals surface area contributed by atoms with Crippen LogP contribution in [0.5, 0.6) is 0 Å². The fraction of sp³-hybridized carbons (Fsp3) is 0.412. The van der Waals surface area contributed by atoms with Gasteiger partial charge in [0.1, 0.15) is 5.82 Å². The Morgan fingerprint density at radius 2 is 1.76 bits per heavy atom. The van der Waals surface area contributed by atoms with Gasteiger partial charge in [-0.05, 0) is 37.5 Å². The number of carboxylic acids is 1. The number of nitrogens with zero attached hydrogens (tertiary/aromatic N) is 1. The molecule has 0 radical (unpaired) electrons. The molecule has 4 heteroatoms. The molecule has 2 saturated carbocycles. The molecule has 4 nitrogen and oxygen atoms in total. The van der Waals surface area contributed by atoms with E-state index in [0.717, 1.165) is 28.4 Å². The molecule has 21 heavy (non-hydrogen) atoms. The van der Waals surface area contributed by atoms with E-state index in [0.29, 0.717) is 6.04 Å². The van der Waals surface area contributed by atoms with E-state index in [1.807, 2.05) is 24.3 Å². The minimum atomic E-state index is -0.925. The standard InChI is InChI=1S/C17H18N2O2/c20-17(21)14-9-18-16(13-4-2-1-3-12(13)14)19-15(10-5-6-10)11-7-8-11/h1-4,9-11,15H,5-8H2,(H,18,19)(H,20,21). The van der Waals surface area contributed by atoms with Crippen LogP contribution in [-0.2, 0) is 0 Å². The highest BCUT2D eigenvalue weighted by Crippen LogP contribution is 2.46. The fourth-order valence-electron chi connectivity index (χ4n) is 3.17. The summed E-state index contributed by atoms with van der Waals surface area (Å²) in [5.74, 6) is 1.46. The fourth-order valence-corrected chi connectivity index (χ4v) is 3.17. The van der Waals surface area contributed by atoms with Crippen molar-refractivity contribution in [1.82, 2.24) is 4.98 Å². The second-order valence-electron chi connectivity index (χ2n) is 6.22. The molecule has 0 aliphatic heterocycles. The Balaban J connectivity index is 1.74. The Morgan fingerprint density at radius 3 is 2.33 bits per heavy atom. The predicted molar refractivity (Wildman–Crippen MR) is 81.6 cm³/mol. The summed E-state index contributed by atoms with van der Waals surface area (Å²) in [6, 6.07) is 8.13. The highest BCUT2D eigenvalue weighted by molar-refractivity contribution is 6.06. The molecule has 2 aromatic rings. The van der Waals surface area contributed by atoms with Crippen molar-refractivity contribution in [3.63, 3.8) is 0 Å². The van der Waals surface area contributed by atoms with Crippen molar-refractivity contribution >= 4 is 22.6 Å². The zero-order valence-electron chi connectivity index (χ0n) is 11.7. The van der Waals surface area contributed by atoms with Gasteiger partial charge in [0, 0.05) is 23.0 Å². The van der Waals surface area contributed by atoms with Gasteiger partial charge in [0.25, 0.3) is 0 Å². The maximum Gasteiger partial charge on any atom is 0.337 e. The lowest BCUT2D eigenvalue weighted by Gasteiger charge is -2.20. The molecule has 4 rings (SSSR count). The van der Waals surface area contributed by atoms with Crippen molar-refractivity contribution in [3.8, 4) is 0 Å². The number of aromatic nitrogens is 1. The topological polar surface area (TPSA) is 62.2 Å². The van der Waals surface area contributed by atoms with Crippen LogP contribution in [0.25, 0.3) is 10.8 Å². The maximum atomic E-state index is 11.3. The molecule has 0 atom stereocenters. The molecule has 1 heterocycles. The van der Waals surface area contributed by atoms with Crippen LogP contribution in [0.15, 0.2) is 30.5 Å². The summed E-state index contributed by atoms with van der Waals surface area (Å²) in [6.45, 7) is 0. The quantitative estimate of drug-likeness (QED) is 0.880. The average molecular weight is 282 g/mol. The first-order valence-electron chi connectivity index (χ1n) is 7.61. The van der Waals surface area contributed by atoms with Gasteiger partial charge in [0.15, 0.2) is 0 Å². The van der Waals surface area contributed by atoms with E-state index >= 15 is 0 Å². The first-order chi connectivity index (χ1) is 10.2. The van der Waals surface area contributed by atoms with Crippen LogP contribution in [-0.4, -0.2) is 22.1 Å². The third-order valence-corrected chi connectivity index (χ3v) is 4.59. The number of anilines is 1. The van der Waals surface area contributed by atoms with Gasteiger partial charge >= 0.3 is 5.97 Å². The summed E-state index contributed by atoms with van der Waals surface area (Å²) in [4.78, 5) is 15.7. The van der Waals surface area contributed by atoms with Crippen molar-refractivity contribution in [1.29, 1.82) is 0 Å². The number of benzene rings is 1. The highest BCUT2D eigenvalue weighted by Gasteiger charge is 2.41. The van der Waals surface area contributed by atoms with Crippen LogP contribution in [0.3, 0.4) is 0 Å². The number of carboxylic acid groups (broad SMARTS) is 1. The minimum Gasteiger partial charge on any atom is -0.478 e. The van der Waals surface area contributed by atoms with Crippen LogP contribution in [0.2, 0.25) is 0 Å². The summed E-state index contributed by atoms with van der Waals surface area (Å²) in [7, 11) is 0. The van der Waals surface area contributed by atoms with E-state index in [4.69, 9.17) is 0 Å². The molecule has 108 valence electrons. The van der Waals surface area contributed by atoms with Gasteiger partial charge in [-0.25, -0.2) is 9.78 Å². The van der Waals surface area contributed by atoms with Gasteiger partial charge in [-0.3, -0.25) is 0 Å². The second kappa shape index (κ2) is 4.72. The highest BCUT2D eigenvalue weighted by atomic mass is 16.4. The third kappa shape index (κ3) is 2.35. The summed E-state index contributed by atoms with van der Waals surface area (Å²) in [6.07, 6.45) is 6.70. The normalized spacial score (nSPS) is 18.1. The lowest BCUT2D eigenvalue weighted by molar-refractivity contribution is 0.0698. The van der Waals surface area contributed by atoms with Crippen molar-refractivity contribution in [2.24, 2.45) is 11.8 Å². The van der Waals surface area contributed by atoms with Crippen LogP contribution in [0.1, 0.15) is 36.0 Å². The van der Waals surface area contributed by atoms with E-state index in [-0.39, 0.29) is 5.56 Å².